The molecule has 108 valence electrons. The molecule has 1 amide bonds. The number of nitrogens with zero attached hydrogens (tertiary/aromatic N) is 1. The summed E-state index contributed by atoms with van der Waals surface area (Å²) in [6, 6.07) is 10.3. The highest BCUT2D eigenvalue weighted by molar-refractivity contribution is 5.85. The van der Waals surface area contributed by atoms with E-state index in [-0.39, 0.29) is 24.2 Å². The largest absolute Gasteiger partial charge is 0.379 e. The molecule has 3 atom stereocenters. The number of benzene rings is 1. The Morgan fingerprint density at radius 1 is 1.30 bits per heavy atom. The van der Waals surface area contributed by atoms with E-state index in [1.165, 1.54) is 0 Å². The maximum Gasteiger partial charge on any atom is 0.241 e. The zero-order valence-electron chi connectivity index (χ0n) is 12.1. The minimum atomic E-state index is -0.0965. The Balaban J connectivity index is 1.91. The molecule has 2 aliphatic rings. The fourth-order valence-corrected chi connectivity index (χ4v) is 3.11. The van der Waals surface area contributed by atoms with Crippen LogP contribution >= 0.6 is 0 Å². The van der Waals surface area contributed by atoms with Gasteiger partial charge in [0, 0.05) is 6.61 Å². The van der Waals surface area contributed by atoms with Gasteiger partial charge in [-0.15, -0.1) is 0 Å². The molecule has 2 aliphatic heterocycles. The third kappa shape index (κ3) is 2.34. The normalized spacial score (nSPS) is 30.4. The number of amides is 1. The number of hydrogen-bond acceptors (Lipinski definition) is 3. The zero-order chi connectivity index (χ0) is 14.1. The van der Waals surface area contributed by atoms with Crippen molar-refractivity contribution in [1.29, 1.82) is 0 Å². The van der Waals surface area contributed by atoms with Gasteiger partial charge in [-0.25, -0.2) is 0 Å². The van der Waals surface area contributed by atoms with Crippen molar-refractivity contribution in [1.82, 2.24) is 10.2 Å². The monoisotopic (exact) mass is 274 g/mol. The highest BCUT2D eigenvalue weighted by Crippen LogP contribution is 2.32. The highest BCUT2D eigenvalue weighted by atomic mass is 16.5. The first kappa shape index (κ1) is 13.6. The lowest BCUT2D eigenvalue weighted by Crippen LogP contribution is -2.41. The van der Waals surface area contributed by atoms with Gasteiger partial charge in [0.15, 0.2) is 0 Å². The molecule has 0 radical (unpaired) electrons. The van der Waals surface area contributed by atoms with E-state index in [0.29, 0.717) is 12.5 Å². The van der Waals surface area contributed by atoms with Crippen molar-refractivity contribution in [2.45, 2.75) is 38.5 Å². The molecule has 0 aliphatic carbocycles. The maximum absolute atomic E-state index is 12.7. The molecule has 0 saturated carbocycles. The van der Waals surface area contributed by atoms with Gasteiger partial charge < -0.3 is 9.64 Å². The van der Waals surface area contributed by atoms with Crippen molar-refractivity contribution in [3.63, 3.8) is 0 Å². The van der Waals surface area contributed by atoms with Crippen LogP contribution < -0.4 is 5.32 Å². The first-order valence-corrected chi connectivity index (χ1v) is 7.39. The van der Waals surface area contributed by atoms with Gasteiger partial charge in [-0.05, 0) is 17.9 Å². The van der Waals surface area contributed by atoms with E-state index < -0.39 is 0 Å². The minimum absolute atomic E-state index is 0.0252. The van der Waals surface area contributed by atoms with Crippen molar-refractivity contribution >= 4 is 5.91 Å². The fourth-order valence-electron chi connectivity index (χ4n) is 3.11. The van der Waals surface area contributed by atoms with Gasteiger partial charge in [-0.1, -0.05) is 44.2 Å². The summed E-state index contributed by atoms with van der Waals surface area (Å²) in [4.78, 5) is 14.7. The van der Waals surface area contributed by atoms with E-state index in [0.717, 1.165) is 18.6 Å². The number of carbonyl (C=O) groups excluding carboxylic acids is 1. The molecule has 1 aromatic rings. The molecule has 0 bridgehead atoms. The first-order valence-electron chi connectivity index (χ1n) is 7.39. The molecule has 20 heavy (non-hydrogen) atoms. The van der Waals surface area contributed by atoms with Crippen LogP contribution in [0.3, 0.4) is 0 Å². The summed E-state index contributed by atoms with van der Waals surface area (Å²) in [5.41, 5.74) is 1.15. The van der Waals surface area contributed by atoms with E-state index in [4.69, 9.17) is 4.74 Å². The van der Waals surface area contributed by atoms with Crippen molar-refractivity contribution in [2.75, 3.05) is 13.2 Å². The topological polar surface area (TPSA) is 41.6 Å². The third-order valence-electron chi connectivity index (χ3n) is 4.22. The molecule has 4 heteroatoms. The van der Waals surface area contributed by atoms with Gasteiger partial charge in [0.25, 0.3) is 0 Å². The molecule has 3 unspecified atom stereocenters. The number of nitrogens with one attached hydrogen (secondary N) is 1. The lowest BCUT2D eigenvalue weighted by molar-refractivity contribution is -0.133. The Hall–Kier alpha value is -1.39. The van der Waals surface area contributed by atoms with E-state index >= 15 is 0 Å². The SMILES string of the molecule is CC(C)C1NC(c2ccccc2)N(C2CCOC2)C1=O. The quantitative estimate of drug-likeness (QED) is 0.915. The van der Waals surface area contributed by atoms with Crippen LogP contribution in [0.2, 0.25) is 0 Å². The van der Waals surface area contributed by atoms with Crippen LogP contribution in [0.4, 0.5) is 0 Å². The minimum Gasteiger partial charge on any atom is -0.379 e. The molecule has 1 aromatic carbocycles. The predicted octanol–water partition coefficient (Wildman–Crippen LogP) is 1.93. The fraction of sp³-hybridized carbons (Fsp3) is 0.562. The Labute approximate surface area is 120 Å². The second kappa shape index (κ2) is 5.54. The van der Waals surface area contributed by atoms with E-state index in [1.807, 2.05) is 23.1 Å². The predicted molar refractivity (Wildman–Crippen MR) is 77.0 cm³/mol. The summed E-state index contributed by atoms with van der Waals surface area (Å²) in [5, 5.41) is 3.50. The molecule has 1 N–H and O–H groups in total. The molecule has 4 nitrogen and oxygen atoms in total. The number of ether oxygens (including phenoxy) is 1. The summed E-state index contributed by atoms with van der Waals surface area (Å²) >= 11 is 0. The van der Waals surface area contributed by atoms with Crippen LogP contribution in [0.25, 0.3) is 0 Å². The summed E-state index contributed by atoms with van der Waals surface area (Å²) < 4.78 is 5.48. The second-order valence-corrected chi connectivity index (χ2v) is 5.96. The van der Waals surface area contributed by atoms with Crippen LogP contribution in [0.1, 0.15) is 32.0 Å². The lowest BCUT2D eigenvalue weighted by Gasteiger charge is -2.29. The second-order valence-electron chi connectivity index (χ2n) is 5.96. The van der Waals surface area contributed by atoms with Gasteiger partial charge in [-0.3, -0.25) is 10.1 Å². The molecule has 2 saturated heterocycles. The Morgan fingerprint density at radius 2 is 2.05 bits per heavy atom. The molecule has 2 heterocycles. The van der Waals surface area contributed by atoms with Gasteiger partial charge in [-0.2, -0.15) is 0 Å². The van der Waals surface area contributed by atoms with Crippen molar-refractivity contribution in [3.05, 3.63) is 35.9 Å². The van der Waals surface area contributed by atoms with Gasteiger partial charge >= 0.3 is 0 Å². The average molecular weight is 274 g/mol. The van der Waals surface area contributed by atoms with E-state index in [9.17, 15) is 4.79 Å². The van der Waals surface area contributed by atoms with Crippen molar-refractivity contribution in [3.8, 4) is 0 Å². The summed E-state index contributed by atoms with van der Waals surface area (Å²) in [5.74, 6) is 0.505. The van der Waals surface area contributed by atoms with Crippen molar-refractivity contribution in [2.24, 2.45) is 5.92 Å². The molecule has 3 rings (SSSR count). The van der Waals surface area contributed by atoms with E-state index in [1.54, 1.807) is 0 Å². The average Bonchev–Trinajstić information content (AvgIpc) is 3.06. The Kier molecular flexibility index (Phi) is 3.76. The number of hydrogen-bond donors (Lipinski definition) is 1. The molecule has 0 spiro atoms. The molecular weight excluding hydrogens is 252 g/mol. The highest BCUT2D eigenvalue weighted by Gasteiger charge is 2.44. The van der Waals surface area contributed by atoms with E-state index in [2.05, 4.69) is 31.3 Å². The van der Waals surface area contributed by atoms with Gasteiger partial charge in [0.05, 0.1) is 18.7 Å². The van der Waals surface area contributed by atoms with Crippen LogP contribution in [0, 0.1) is 5.92 Å². The lowest BCUT2D eigenvalue weighted by atomic mass is 10.0. The standard InChI is InChI=1S/C16H22N2O2/c1-11(2)14-16(19)18(13-8-9-20-10-13)15(17-14)12-6-4-3-5-7-12/h3-7,11,13-15,17H,8-10H2,1-2H3. The Morgan fingerprint density at radius 3 is 2.65 bits per heavy atom. The summed E-state index contributed by atoms with van der Waals surface area (Å²) in [6.07, 6.45) is 0.907. The number of rotatable bonds is 3. The summed E-state index contributed by atoms with van der Waals surface area (Å²) in [7, 11) is 0. The van der Waals surface area contributed by atoms with Gasteiger partial charge in [0.2, 0.25) is 5.91 Å². The van der Waals surface area contributed by atoms with Gasteiger partial charge in [0.1, 0.15) is 6.17 Å². The third-order valence-corrected chi connectivity index (χ3v) is 4.22. The first-order chi connectivity index (χ1) is 9.68. The van der Waals surface area contributed by atoms with Crippen molar-refractivity contribution < 1.29 is 9.53 Å². The maximum atomic E-state index is 12.7. The molecular formula is C16H22N2O2. The number of carbonyl (C=O) groups is 1. The Bertz CT molecular complexity index is 469. The summed E-state index contributed by atoms with van der Waals surface area (Å²) in [6.45, 7) is 5.59. The van der Waals surface area contributed by atoms with Crippen LogP contribution in [-0.4, -0.2) is 36.1 Å². The smallest absolute Gasteiger partial charge is 0.241 e. The zero-order valence-corrected chi connectivity index (χ0v) is 12.1. The van der Waals surface area contributed by atoms with Crippen LogP contribution in [0.5, 0.6) is 0 Å². The molecule has 2 fully saturated rings. The van der Waals surface area contributed by atoms with Crippen LogP contribution in [0.15, 0.2) is 30.3 Å². The van der Waals surface area contributed by atoms with Crippen LogP contribution in [-0.2, 0) is 9.53 Å². The molecule has 0 aromatic heterocycles.